The Bertz CT molecular complexity index is 617. The molecule has 3 rings (SSSR count). The first-order valence-corrected chi connectivity index (χ1v) is 8.66. The minimum Gasteiger partial charge on any atom is -0.479 e. The number of carbonyl (C=O) groups is 2. The Kier molecular flexibility index (Phi) is 6.67. The van der Waals surface area contributed by atoms with Crippen molar-refractivity contribution < 1.29 is 14.3 Å². The quantitative estimate of drug-likeness (QED) is 0.852. The van der Waals surface area contributed by atoms with E-state index in [-0.39, 0.29) is 42.7 Å². The highest BCUT2D eigenvalue weighted by molar-refractivity contribution is 6.00. The molecule has 0 aromatic heterocycles. The highest BCUT2D eigenvalue weighted by atomic mass is 35.5. The number of anilines is 1. The van der Waals surface area contributed by atoms with E-state index in [0.717, 1.165) is 31.4 Å². The van der Waals surface area contributed by atoms with Gasteiger partial charge in [0, 0.05) is 25.0 Å². The second-order valence-corrected chi connectivity index (χ2v) is 6.65. The Balaban J connectivity index is 0.00000225. The van der Waals surface area contributed by atoms with Crippen molar-refractivity contribution in [2.24, 2.45) is 5.73 Å². The van der Waals surface area contributed by atoms with Gasteiger partial charge in [-0.1, -0.05) is 12.1 Å². The number of nitrogens with two attached hydrogens (primary N) is 1. The number of halogens is 1. The van der Waals surface area contributed by atoms with Gasteiger partial charge in [-0.25, -0.2) is 0 Å². The van der Waals surface area contributed by atoms with Crippen LogP contribution in [-0.2, 0) is 9.59 Å². The molecule has 0 spiro atoms. The fraction of sp³-hybridized carbons (Fsp3) is 0.556. The fourth-order valence-electron chi connectivity index (χ4n) is 3.37. The number of nitrogens with zero attached hydrogens (tertiary/aromatic N) is 1. The number of nitrogens with one attached hydrogen (secondary N) is 1. The second-order valence-electron chi connectivity index (χ2n) is 6.65. The van der Waals surface area contributed by atoms with Crippen LogP contribution >= 0.6 is 12.4 Å². The molecule has 1 saturated carbocycles. The van der Waals surface area contributed by atoms with Gasteiger partial charge in [-0.05, 0) is 44.7 Å². The van der Waals surface area contributed by atoms with Gasteiger partial charge in [-0.3, -0.25) is 9.59 Å². The molecule has 6 nitrogen and oxygen atoms in total. The predicted molar refractivity (Wildman–Crippen MR) is 99.1 cm³/mol. The smallest absolute Gasteiger partial charge is 0.267 e. The Morgan fingerprint density at radius 3 is 2.68 bits per heavy atom. The number of rotatable bonds is 4. The summed E-state index contributed by atoms with van der Waals surface area (Å²) in [5, 5.41) is 3.07. The fourth-order valence-corrected chi connectivity index (χ4v) is 3.37. The number of hydrogen-bond donors (Lipinski definition) is 2. The minimum atomic E-state index is -0.525. The zero-order chi connectivity index (χ0) is 17.1. The Morgan fingerprint density at radius 2 is 1.96 bits per heavy atom. The number of amides is 2. The van der Waals surface area contributed by atoms with Crippen LogP contribution in [0.5, 0.6) is 5.75 Å². The molecule has 0 radical (unpaired) electrons. The van der Waals surface area contributed by atoms with Crippen molar-refractivity contribution in [1.82, 2.24) is 5.32 Å². The molecule has 0 bridgehead atoms. The molecule has 7 heteroatoms. The summed E-state index contributed by atoms with van der Waals surface area (Å²) in [6, 6.07) is 7.91. The lowest BCUT2D eigenvalue weighted by atomic mass is 9.92. The van der Waals surface area contributed by atoms with Crippen molar-refractivity contribution in [2.45, 2.75) is 57.2 Å². The van der Waals surface area contributed by atoms with Crippen LogP contribution in [0.4, 0.5) is 5.69 Å². The van der Waals surface area contributed by atoms with Crippen molar-refractivity contribution >= 4 is 29.9 Å². The number of ether oxygens (including phenoxy) is 1. The van der Waals surface area contributed by atoms with Crippen LogP contribution in [-0.4, -0.2) is 36.5 Å². The zero-order valence-corrected chi connectivity index (χ0v) is 15.3. The van der Waals surface area contributed by atoms with Crippen LogP contribution in [0.3, 0.4) is 0 Å². The minimum absolute atomic E-state index is 0. The molecule has 2 aliphatic rings. The standard InChI is InChI=1S/C18H25N3O3.ClH/c1-12-18(23)21(15-4-2-3-5-16(15)24-12)11-10-17(22)20-14-8-6-13(19)7-9-14;/h2-5,12-14H,6-11,19H2,1H3,(H,20,22);1H. The molecule has 1 atom stereocenters. The lowest BCUT2D eigenvalue weighted by Gasteiger charge is -2.33. The van der Waals surface area contributed by atoms with E-state index in [1.54, 1.807) is 11.8 Å². The van der Waals surface area contributed by atoms with Crippen LogP contribution < -0.4 is 20.7 Å². The summed E-state index contributed by atoms with van der Waals surface area (Å²) in [5.74, 6) is 0.566. The molecule has 1 aromatic rings. The zero-order valence-electron chi connectivity index (χ0n) is 14.4. The second kappa shape index (κ2) is 8.54. The molecule has 0 saturated heterocycles. The van der Waals surface area contributed by atoms with Crippen LogP contribution in [0.25, 0.3) is 0 Å². The number of para-hydroxylation sites is 2. The van der Waals surface area contributed by atoms with E-state index in [4.69, 9.17) is 10.5 Å². The first-order valence-electron chi connectivity index (χ1n) is 8.66. The third-order valence-corrected chi connectivity index (χ3v) is 4.77. The topological polar surface area (TPSA) is 84.7 Å². The van der Waals surface area contributed by atoms with Gasteiger partial charge in [0.25, 0.3) is 5.91 Å². The molecule has 1 aromatic carbocycles. The van der Waals surface area contributed by atoms with Gasteiger partial charge in [-0.2, -0.15) is 0 Å². The van der Waals surface area contributed by atoms with Crippen molar-refractivity contribution in [3.63, 3.8) is 0 Å². The Labute approximate surface area is 154 Å². The van der Waals surface area contributed by atoms with Crippen molar-refractivity contribution in [3.05, 3.63) is 24.3 Å². The van der Waals surface area contributed by atoms with Gasteiger partial charge in [0.2, 0.25) is 5.91 Å². The van der Waals surface area contributed by atoms with Crippen molar-refractivity contribution in [3.8, 4) is 5.75 Å². The summed E-state index contributed by atoms with van der Waals surface area (Å²) < 4.78 is 5.61. The summed E-state index contributed by atoms with van der Waals surface area (Å²) >= 11 is 0. The number of hydrogen-bond acceptors (Lipinski definition) is 4. The van der Waals surface area contributed by atoms with E-state index >= 15 is 0 Å². The average molecular weight is 368 g/mol. The maximum absolute atomic E-state index is 12.4. The first kappa shape index (κ1) is 19.5. The van der Waals surface area contributed by atoms with Crippen LogP contribution in [0.15, 0.2) is 24.3 Å². The number of fused-ring (bicyclic) bond motifs is 1. The highest BCUT2D eigenvalue weighted by Crippen LogP contribution is 2.33. The summed E-state index contributed by atoms with van der Waals surface area (Å²) in [4.78, 5) is 26.3. The molecule has 1 aliphatic carbocycles. The number of carbonyl (C=O) groups excluding carboxylic acids is 2. The van der Waals surface area contributed by atoms with E-state index in [1.165, 1.54) is 0 Å². The first-order chi connectivity index (χ1) is 11.5. The van der Waals surface area contributed by atoms with E-state index in [9.17, 15) is 9.59 Å². The molecule has 3 N–H and O–H groups in total. The molecule has 1 heterocycles. The normalized spacial score (nSPS) is 25.4. The highest BCUT2D eigenvalue weighted by Gasteiger charge is 2.31. The van der Waals surface area contributed by atoms with E-state index < -0.39 is 6.10 Å². The Hall–Kier alpha value is -1.79. The van der Waals surface area contributed by atoms with E-state index in [2.05, 4.69) is 5.32 Å². The molecule has 2 amide bonds. The molecular formula is C18H26ClN3O3. The largest absolute Gasteiger partial charge is 0.479 e. The van der Waals surface area contributed by atoms with E-state index in [1.807, 2.05) is 24.3 Å². The van der Waals surface area contributed by atoms with Crippen molar-refractivity contribution in [2.75, 3.05) is 11.4 Å². The SMILES string of the molecule is CC1Oc2ccccc2N(CCC(=O)NC2CCC(N)CC2)C1=O.Cl. The molecule has 1 unspecified atom stereocenters. The summed E-state index contributed by atoms with van der Waals surface area (Å²) in [5.41, 5.74) is 6.62. The van der Waals surface area contributed by atoms with Crippen molar-refractivity contribution in [1.29, 1.82) is 0 Å². The lowest BCUT2D eigenvalue weighted by molar-refractivity contribution is -0.125. The number of benzene rings is 1. The van der Waals surface area contributed by atoms with Gasteiger partial charge < -0.3 is 20.7 Å². The average Bonchev–Trinajstić information content (AvgIpc) is 2.57. The van der Waals surface area contributed by atoms with Gasteiger partial charge in [0.15, 0.2) is 6.10 Å². The monoisotopic (exact) mass is 367 g/mol. The third-order valence-electron chi connectivity index (χ3n) is 4.77. The third kappa shape index (κ3) is 4.64. The maximum atomic E-state index is 12.4. The van der Waals surface area contributed by atoms with Gasteiger partial charge in [-0.15, -0.1) is 12.4 Å². The lowest BCUT2D eigenvalue weighted by Crippen LogP contribution is -2.46. The summed E-state index contributed by atoms with van der Waals surface area (Å²) in [6.45, 7) is 2.10. The summed E-state index contributed by atoms with van der Waals surface area (Å²) in [7, 11) is 0. The molecule has 25 heavy (non-hydrogen) atoms. The molecule has 1 aliphatic heterocycles. The van der Waals surface area contributed by atoms with E-state index in [0.29, 0.717) is 12.3 Å². The van der Waals surface area contributed by atoms with Crippen LogP contribution in [0, 0.1) is 0 Å². The van der Waals surface area contributed by atoms with Gasteiger partial charge >= 0.3 is 0 Å². The van der Waals surface area contributed by atoms with Crippen LogP contribution in [0.1, 0.15) is 39.0 Å². The van der Waals surface area contributed by atoms with Gasteiger partial charge in [0.1, 0.15) is 5.75 Å². The van der Waals surface area contributed by atoms with Gasteiger partial charge in [0.05, 0.1) is 5.69 Å². The molecular weight excluding hydrogens is 342 g/mol. The predicted octanol–water partition coefficient (Wildman–Crippen LogP) is 2.00. The maximum Gasteiger partial charge on any atom is 0.267 e. The Morgan fingerprint density at radius 1 is 1.28 bits per heavy atom. The molecule has 1 fully saturated rings. The van der Waals surface area contributed by atoms with Crippen LogP contribution in [0.2, 0.25) is 0 Å². The molecule has 138 valence electrons. The summed E-state index contributed by atoms with van der Waals surface area (Å²) in [6.07, 6.45) is 3.54.